The molecule has 3 aromatic rings. The molecule has 27 heavy (non-hydrogen) atoms. The van der Waals surface area contributed by atoms with Crippen LogP contribution in [0.2, 0.25) is 0 Å². The van der Waals surface area contributed by atoms with Crippen LogP contribution in [0.5, 0.6) is 0 Å². The summed E-state index contributed by atoms with van der Waals surface area (Å²) in [4.78, 5) is 7.94. The number of rotatable bonds is 3. The molecule has 4 heterocycles. The summed E-state index contributed by atoms with van der Waals surface area (Å²) in [6.45, 7) is 4.97. The van der Waals surface area contributed by atoms with Crippen molar-refractivity contribution >= 4 is 11.0 Å². The maximum atomic E-state index is 5.60. The van der Waals surface area contributed by atoms with Gasteiger partial charge in [-0.15, -0.1) is 0 Å². The Bertz CT molecular complexity index is 949. The minimum absolute atomic E-state index is 0.481. The average Bonchev–Trinajstić information content (AvgIpc) is 3.36. The molecule has 4 nitrogen and oxygen atoms in total. The Morgan fingerprint density at radius 3 is 2.70 bits per heavy atom. The molecule has 2 aromatic heterocycles. The minimum atomic E-state index is 0.481. The predicted octanol–water partition coefficient (Wildman–Crippen LogP) is 4.86. The molecule has 140 valence electrons. The largest absolute Gasteiger partial charge is 0.381 e. The summed E-state index contributed by atoms with van der Waals surface area (Å²) in [5, 5.41) is 4.89. The lowest BCUT2D eigenvalue weighted by Crippen LogP contribution is -2.19. The van der Waals surface area contributed by atoms with E-state index in [-0.39, 0.29) is 0 Å². The smallest absolute Gasteiger partial charge is 0.137 e. The Morgan fingerprint density at radius 2 is 1.89 bits per heavy atom. The van der Waals surface area contributed by atoms with Gasteiger partial charge in [0.25, 0.3) is 0 Å². The second-order valence-electron chi connectivity index (χ2n) is 7.99. The molecule has 0 amide bonds. The van der Waals surface area contributed by atoms with Crippen molar-refractivity contribution in [3.63, 3.8) is 0 Å². The SMILES string of the molecule is Cc1cc2cc(-c3ccc(C4CCOCC4)c([C@@H]4CCCN4)c3)cnc2[nH]1. The number of hydrogen-bond donors (Lipinski definition) is 2. The second-order valence-corrected chi connectivity index (χ2v) is 7.99. The zero-order valence-corrected chi connectivity index (χ0v) is 15.9. The van der Waals surface area contributed by atoms with Crippen LogP contribution in [0.4, 0.5) is 0 Å². The van der Waals surface area contributed by atoms with E-state index >= 15 is 0 Å². The Balaban J connectivity index is 1.56. The first kappa shape index (κ1) is 17.0. The first-order chi connectivity index (χ1) is 13.3. The predicted molar refractivity (Wildman–Crippen MR) is 109 cm³/mol. The van der Waals surface area contributed by atoms with Crippen molar-refractivity contribution in [2.45, 2.75) is 44.6 Å². The van der Waals surface area contributed by atoms with Crippen molar-refractivity contribution in [3.05, 3.63) is 53.3 Å². The third-order valence-corrected chi connectivity index (χ3v) is 6.12. The topological polar surface area (TPSA) is 49.9 Å². The number of aromatic nitrogens is 2. The molecule has 2 saturated heterocycles. The summed E-state index contributed by atoms with van der Waals surface area (Å²) in [6, 6.07) is 12.0. The van der Waals surface area contributed by atoms with Gasteiger partial charge in [0, 0.05) is 42.1 Å². The van der Waals surface area contributed by atoms with Crippen LogP contribution in [0.25, 0.3) is 22.2 Å². The number of nitrogens with zero attached hydrogens (tertiary/aromatic N) is 1. The van der Waals surface area contributed by atoms with Gasteiger partial charge in [0.05, 0.1) is 0 Å². The summed E-state index contributed by atoms with van der Waals surface area (Å²) in [5.41, 5.74) is 7.59. The van der Waals surface area contributed by atoms with E-state index in [0.717, 1.165) is 43.9 Å². The standard InChI is InChI=1S/C23H27N3O/c1-15-11-18-12-19(14-25-23(18)26-15)17-4-5-20(16-6-9-27-10-7-16)21(13-17)22-3-2-8-24-22/h4-5,11-14,16,22,24H,2-3,6-10H2,1H3,(H,25,26)/t22-/m0/s1. The summed E-state index contributed by atoms with van der Waals surface area (Å²) < 4.78 is 5.60. The molecule has 0 aliphatic carbocycles. The van der Waals surface area contributed by atoms with Gasteiger partial charge in [0.15, 0.2) is 0 Å². The number of H-pyrrole nitrogens is 1. The summed E-state index contributed by atoms with van der Waals surface area (Å²) >= 11 is 0. The lowest BCUT2D eigenvalue weighted by Gasteiger charge is -2.27. The molecule has 5 rings (SSSR count). The van der Waals surface area contributed by atoms with Crippen molar-refractivity contribution in [3.8, 4) is 11.1 Å². The van der Waals surface area contributed by atoms with E-state index in [4.69, 9.17) is 4.74 Å². The molecule has 0 bridgehead atoms. The first-order valence-corrected chi connectivity index (χ1v) is 10.2. The Kier molecular flexibility index (Phi) is 4.46. The minimum Gasteiger partial charge on any atom is -0.381 e. The molecule has 2 fully saturated rings. The summed E-state index contributed by atoms with van der Waals surface area (Å²) in [5.74, 6) is 0.623. The van der Waals surface area contributed by atoms with E-state index in [2.05, 4.69) is 52.5 Å². The Morgan fingerprint density at radius 1 is 1.00 bits per heavy atom. The van der Waals surface area contributed by atoms with Crippen LogP contribution >= 0.6 is 0 Å². The molecule has 2 aliphatic rings. The molecular weight excluding hydrogens is 334 g/mol. The number of fused-ring (bicyclic) bond motifs is 1. The van der Waals surface area contributed by atoms with E-state index in [9.17, 15) is 0 Å². The van der Waals surface area contributed by atoms with Gasteiger partial charge in [-0.3, -0.25) is 0 Å². The molecule has 1 aromatic carbocycles. The van der Waals surface area contributed by atoms with Crippen molar-refractivity contribution in [1.82, 2.24) is 15.3 Å². The summed E-state index contributed by atoms with van der Waals surface area (Å²) in [7, 11) is 0. The van der Waals surface area contributed by atoms with Crippen molar-refractivity contribution in [2.24, 2.45) is 0 Å². The van der Waals surface area contributed by atoms with Gasteiger partial charge < -0.3 is 15.0 Å². The van der Waals surface area contributed by atoms with E-state index in [1.807, 2.05) is 6.20 Å². The van der Waals surface area contributed by atoms with E-state index in [0.29, 0.717) is 12.0 Å². The van der Waals surface area contributed by atoms with Crippen LogP contribution in [0.1, 0.15) is 54.5 Å². The van der Waals surface area contributed by atoms with Gasteiger partial charge >= 0.3 is 0 Å². The fourth-order valence-corrected chi connectivity index (χ4v) is 4.70. The highest BCUT2D eigenvalue weighted by Crippen LogP contribution is 2.37. The number of ether oxygens (including phenoxy) is 1. The van der Waals surface area contributed by atoms with Crippen molar-refractivity contribution in [2.75, 3.05) is 19.8 Å². The molecular formula is C23H27N3O. The van der Waals surface area contributed by atoms with Crippen LogP contribution in [0.15, 0.2) is 36.5 Å². The molecule has 4 heteroatoms. The van der Waals surface area contributed by atoms with Crippen LogP contribution in [-0.4, -0.2) is 29.7 Å². The zero-order valence-electron chi connectivity index (χ0n) is 15.9. The number of nitrogens with one attached hydrogen (secondary N) is 2. The van der Waals surface area contributed by atoms with Gasteiger partial charge in [0.2, 0.25) is 0 Å². The Labute approximate surface area is 160 Å². The number of aryl methyl sites for hydroxylation is 1. The van der Waals surface area contributed by atoms with Crippen LogP contribution in [-0.2, 0) is 4.74 Å². The van der Waals surface area contributed by atoms with Crippen LogP contribution < -0.4 is 5.32 Å². The number of aromatic amines is 1. The molecule has 0 unspecified atom stereocenters. The number of pyridine rings is 1. The van der Waals surface area contributed by atoms with Crippen molar-refractivity contribution in [1.29, 1.82) is 0 Å². The molecule has 0 saturated carbocycles. The maximum absolute atomic E-state index is 5.60. The van der Waals surface area contributed by atoms with E-state index < -0.39 is 0 Å². The third-order valence-electron chi connectivity index (χ3n) is 6.12. The van der Waals surface area contributed by atoms with Crippen LogP contribution in [0.3, 0.4) is 0 Å². The number of benzene rings is 1. The summed E-state index contributed by atoms with van der Waals surface area (Å²) in [6.07, 6.45) is 6.75. The highest BCUT2D eigenvalue weighted by Gasteiger charge is 2.25. The lowest BCUT2D eigenvalue weighted by atomic mass is 9.84. The average molecular weight is 361 g/mol. The quantitative estimate of drug-likeness (QED) is 0.701. The highest BCUT2D eigenvalue weighted by molar-refractivity contribution is 5.82. The molecule has 2 N–H and O–H groups in total. The fraction of sp³-hybridized carbons (Fsp3) is 0.435. The zero-order chi connectivity index (χ0) is 18.2. The van der Waals surface area contributed by atoms with Gasteiger partial charge in [-0.05, 0) is 80.0 Å². The van der Waals surface area contributed by atoms with Gasteiger partial charge in [-0.1, -0.05) is 12.1 Å². The monoisotopic (exact) mass is 361 g/mol. The van der Waals surface area contributed by atoms with Gasteiger partial charge in [-0.25, -0.2) is 4.98 Å². The molecule has 2 aliphatic heterocycles. The van der Waals surface area contributed by atoms with Crippen LogP contribution in [0, 0.1) is 6.92 Å². The number of hydrogen-bond acceptors (Lipinski definition) is 3. The first-order valence-electron chi connectivity index (χ1n) is 10.2. The van der Waals surface area contributed by atoms with E-state index in [1.54, 1.807) is 0 Å². The second kappa shape index (κ2) is 7.10. The van der Waals surface area contributed by atoms with Gasteiger partial charge in [-0.2, -0.15) is 0 Å². The fourth-order valence-electron chi connectivity index (χ4n) is 4.70. The third kappa shape index (κ3) is 3.28. The molecule has 0 spiro atoms. The maximum Gasteiger partial charge on any atom is 0.137 e. The molecule has 0 radical (unpaired) electrons. The molecule has 1 atom stereocenters. The highest BCUT2D eigenvalue weighted by atomic mass is 16.5. The normalized spacial score (nSPS) is 21.1. The lowest BCUT2D eigenvalue weighted by molar-refractivity contribution is 0.0851. The van der Waals surface area contributed by atoms with Gasteiger partial charge in [0.1, 0.15) is 5.65 Å². The van der Waals surface area contributed by atoms with Crippen molar-refractivity contribution < 1.29 is 4.74 Å². The Hall–Kier alpha value is -2.17. The van der Waals surface area contributed by atoms with E-state index in [1.165, 1.54) is 40.5 Å².